The maximum absolute atomic E-state index is 2.48. The van der Waals surface area contributed by atoms with Crippen LogP contribution in [0.2, 0.25) is 0 Å². The predicted molar refractivity (Wildman–Crippen MR) is 98.4 cm³/mol. The summed E-state index contributed by atoms with van der Waals surface area (Å²) in [5, 5.41) is 1.65. The summed E-state index contributed by atoms with van der Waals surface area (Å²) in [6, 6.07) is 4.95. The van der Waals surface area contributed by atoms with Crippen LogP contribution in [0.4, 0.5) is 0 Å². The maximum Gasteiger partial charge on any atom is -0.00664 e. The van der Waals surface area contributed by atoms with E-state index in [4.69, 9.17) is 0 Å². The number of hydrogen-bond acceptors (Lipinski definition) is 0. The van der Waals surface area contributed by atoms with E-state index in [9.17, 15) is 0 Å². The Labute approximate surface area is 132 Å². The molecule has 1 aromatic rings. The minimum atomic E-state index is -0.172. The van der Waals surface area contributed by atoms with E-state index in [-0.39, 0.29) is 7.92 Å². The Morgan fingerprint density at radius 3 is 1.76 bits per heavy atom. The van der Waals surface area contributed by atoms with Crippen molar-refractivity contribution in [1.29, 1.82) is 0 Å². The first-order valence-corrected chi connectivity index (χ1v) is 9.79. The highest BCUT2D eigenvalue weighted by Crippen LogP contribution is 2.44. The lowest BCUT2D eigenvalue weighted by Gasteiger charge is -2.27. The van der Waals surface area contributed by atoms with Gasteiger partial charge in [0.1, 0.15) is 0 Å². The smallest absolute Gasteiger partial charge is 0.00664 e. The highest BCUT2D eigenvalue weighted by Gasteiger charge is 2.22. The Morgan fingerprint density at radius 2 is 1.38 bits per heavy atom. The molecule has 0 bridgehead atoms. The molecule has 21 heavy (non-hydrogen) atoms. The van der Waals surface area contributed by atoms with Gasteiger partial charge in [-0.25, -0.2) is 0 Å². The molecule has 1 aromatic carbocycles. The molecule has 1 heteroatoms. The molecule has 0 nitrogen and oxygen atoms in total. The summed E-state index contributed by atoms with van der Waals surface area (Å²) in [7, 11) is -0.172. The fourth-order valence-electron chi connectivity index (χ4n) is 2.88. The third kappa shape index (κ3) is 3.67. The molecule has 114 valence electrons. The molecule has 0 aliphatic carbocycles. The van der Waals surface area contributed by atoms with Gasteiger partial charge in [-0.15, -0.1) is 0 Å². The van der Waals surface area contributed by atoms with Gasteiger partial charge >= 0.3 is 0 Å². The molecular weight excluding hydrogens is 271 g/mol. The summed E-state index contributed by atoms with van der Waals surface area (Å²) in [5.74, 6) is 4.23. The van der Waals surface area contributed by atoms with Crippen LogP contribution in [0.5, 0.6) is 0 Å². The van der Waals surface area contributed by atoms with E-state index in [1.165, 1.54) is 11.7 Å². The molecule has 1 unspecified atom stereocenters. The monoisotopic (exact) mass is 300 g/mol. The number of rotatable bonds is 4. The molecule has 0 N–H and O–H groups in total. The van der Waals surface area contributed by atoms with Crippen molar-refractivity contribution in [1.82, 2.24) is 0 Å². The van der Waals surface area contributed by atoms with E-state index in [2.05, 4.69) is 77.7 Å². The van der Waals surface area contributed by atoms with E-state index < -0.39 is 0 Å². The fourth-order valence-corrected chi connectivity index (χ4v) is 5.30. The second-order valence-electron chi connectivity index (χ2n) is 6.93. The maximum atomic E-state index is 2.48. The van der Waals surface area contributed by atoms with Crippen molar-refractivity contribution in [2.45, 2.75) is 59.3 Å². The first-order valence-electron chi connectivity index (χ1n) is 8.19. The Kier molecular flexibility index (Phi) is 5.44. The molecule has 1 atom stereocenters. The van der Waals surface area contributed by atoms with Crippen molar-refractivity contribution < 1.29 is 0 Å². The van der Waals surface area contributed by atoms with E-state index in [1.54, 1.807) is 16.4 Å². The molecule has 0 saturated heterocycles. The van der Waals surface area contributed by atoms with Crippen LogP contribution in [-0.4, -0.2) is 6.16 Å². The Morgan fingerprint density at radius 1 is 0.810 bits per heavy atom. The molecule has 1 aliphatic rings. The lowest BCUT2D eigenvalue weighted by Crippen LogP contribution is -2.19. The summed E-state index contributed by atoms with van der Waals surface area (Å²) < 4.78 is 0. The average molecular weight is 300 g/mol. The van der Waals surface area contributed by atoms with Gasteiger partial charge in [0.2, 0.25) is 0 Å². The zero-order valence-corrected chi connectivity index (χ0v) is 15.2. The topological polar surface area (TPSA) is 0 Å². The minimum Gasteiger partial charge on any atom is -0.0796 e. The van der Waals surface area contributed by atoms with E-state index in [0.29, 0.717) is 17.8 Å². The van der Waals surface area contributed by atoms with Crippen molar-refractivity contribution in [2.24, 2.45) is 0 Å². The van der Waals surface area contributed by atoms with Crippen molar-refractivity contribution in [2.75, 3.05) is 6.16 Å². The highest BCUT2D eigenvalue weighted by atomic mass is 31.1. The normalized spacial score (nSPS) is 18.2. The quantitative estimate of drug-likeness (QED) is 0.577. The standard InChI is InChI=1S/C20H29P/c1-14(2)17-12-18(15(3)4)20(19(13-17)16(5)6)21-10-8-7-9-11-21/h7-10,12-16H,11H2,1-6H3. The van der Waals surface area contributed by atoms with Crippen molar-refractivity contribution in [3.63, 3.8) is 0 Å². The van der Waals surface area contributed by atoms with Crippen LogP contribution in [-0.2, 0) is 0 Å². The lowest BCUT2D eigenvalue weighted by molar-refractivity contribution is 0.813. The fraction of sp³-hybridized carbons (Fsp3) is 0.500. The molecule has 0 aromatic heterocycles. The molecule has 0 fully saturated rings. The molecule has 0 amide bonds. The van der Waals surface area contributed by atoms with Crippen LogP contribution in [0.1, 0.15) is 76.0 Å². The Balaban J connectivity index is 2.64. The van der Waals surface area contributed by atoms with E-state index in [1.807, 2.05) is 0 Å². The Hall–Kier alpha value is -0.870. The second-order valence-corrected chi connectivity index (χ2v) is 8.98. The lowest BCUT2D eigenvalue weighted by atomic mass is 9.89. The highest BCUT2D eigenvalue weighted by molar-refractivity contribution is 7.69. The summed E-state index contributed by atoms with van der Waals surface area (Å²) >= 11 is 0. The van der Waals surface area contributed by atoms with Crippen molar-refractivity contribution >= 4 is 13.2 Å². The third-order valence-electron chi connectivity index (χ3n) is 4.20. The number of allylic oxidation sites excluding steroid dienone is 3. The van der Waals surface area contributed by atoms with Crippen LogP contribution in [0.25, 0.3) is 0 Å². The van der Waals surface area contributed by atoms with E-state index in [0.717, 1.165) is 0 Å². The zero-order valence-electron chi connectivity index (χ0n) is 14.4. The van der Waals surface area contributed by atoms with Gasteiger partial charge in [-0.05, 0) is 53.8 Å². The van der Waals surface area contributed by atoms with Gasteiger partial charge in [0.05, 0.1) is 0 Å². The van der Waals surface area contributed by atoms with Crippen molar-refractivity contribution in [3.8, 4) is 0 Å². The predicted octanol–water partition coefficient (Wildman–Crippen LogP) is 6.25. The van der Waals surface area contributed by atoms with Crippen molar-refractivity contribution in [3.05, 3.63) is 52.9 Å². The zero-order chi connectivity index (χ0) is 15.6. The third-order valence-corrected chi connectivity index (χ3v) is 6.43. The van der Waals surface area contributed by atoms with Gasteiger partial charge in [-0.3, -0.25) is 0 Å². The molecule has 1 aliphatic heterocycles. The summed E-state index contributed by atoms with van der Waals surface area (Å²) in [4.78, 5) is 0. The van der Waals surface area contributed by atoms with Crippen LogP contribution < -0.4 is 5.30 Å². The van der Waals surface area contributed by atoms with Gasteiger partial charge in [-0.2, -0.15) is 0 Å². The van der Waals surface area contributed by atoms with Crippen LogP contribution in [0, 0.1) is 0 Å². The number of benzene rings is 1. The molecular formula is C20H29P. The second kappa shape index (κ2) is 6.93. The summed E-state index contributed by atoms with van der Waals surface area (Å²) in [6.07, 6.45) is 7.95. The number of hydrogen-bond donors (Lipinski definition) is 0. The Bertz CT molecular complexity index is 518. The van der Waals surface area contributed by atoms with Gasteiger partial charge < -0.3 is 0 Å². The van der Waals surface area contributed by atoms with Crippen LogP contribution in [0.15, 0.2) is 36.2 Å². The van der Waals surface area contributed by atoms with Crippen LogP contribution in [0.3, 0.4) is 0 Å². The summed E-state index contributed by atoms with van der Waals surface area (Å²) in [6.45, 7) is 14.0. The van der Waals surface area contributed by atoms with E-state index >= 15 is 0 Å². The molecule has 0 saturated carbocycles. The SMILES string of the molecule is CC(C)c1cc(C(C)C)c(P2C=CC=CC2)c(C(C)C)c1. The first-order chi connectivity index (χ1) is 9.91. The van der Waals surface area contributed by atoms with Gasteiger partial charge in [-0.1, -0.05) is 77.7 Å². The first kappa shape index (κ1) is 16.5. The van der Waals surface area contributed by atoms with Gasteiger partial charge in [0, 0.05) is 0 Å². The average Bonchev–Trinajstić information content (AvgIpc) is 2.46. The summed E-state index contributed by atoms with van der Waals surface area (Å²) in [5.41, 5.74) is 4.66. The molecule has 0 spiro atoms. The van der Waals surface area contributed by atoms with Crippen LogP contribution >= 0.6 is 7.92 Å². The largest absolute Gasteiger partial charge is 0.0796 e. The van der Waals surface area contributed by atoms with Gasteiger partial charge in [0.25, 0.3) is 0 Å². The van der Waals surface area contributed by atoms with Gasteiger partial charge in [0.15, 0.2) is 0 Å². The molecule has 1 heterocycles. The molecule has 2 rings (SSSR count). The minimum absolute atomic E-state index is 0.172. The molecule has 0 radical (unpaired) electrons.